The van der Waals surface area contributed by atoms with Gasteiger partial charge in [0.25, 0.3) is 0 Å². The standard InChI is InChI=1S/C11H14N2S/c1-11(2,3)13-10-9-8(4-6-12-10)5-7-14-9/h4-7H,1-3H3,(H,12,13). The lowest BCUT2D eigenvalue weighted by Gasteiger charge is -2.21. The highest BCUT2D eigenvalue weighted by molar-refractivity contribution is 7.17. The minimum atomic E-state index is 0.0608. The molecule has 0 radical (unpaired) electrons. The number of aromatic nitrogens is 1. The molecule has 0 aliphatic rings. The summed E-state index contributed by atoms with van der Waals surface area (Å²) < 4.78 is 1.24. The SMILES string of the molecule is CC(C)(C)Nc1nccc2ccsc12. The smallest absolute Gasteiger partial charge is 0.144 e. The molecular formula is C11H14N2S. The first-order valence-corrected chi connectivity index (χ1v) is 5.55. The monoisotopic (exact) mass is 206 g/mol. The fourth-order valence-corrected chi connectivity index (χ4v) is 2.18. The molecule has 74 valence electrons. The lowest BCUT2D eigenvalue weighted by Crippen LogP contribution is -2.26. The van der Waals surface area contributed by atoms with Crippen LogP contribution in [0.1, 0.15) is 20.8 Å². The van der Waals surface area contributed by atoms with Crippen molar-refractivity contribution in [3.05, 3.63) is 23.7 Å². The molecule has 0 saturated carbocycles. The van der Waals surface area contributed by atoms with Crippen LogP contribution >= 0.6 is 11.3 Å². The molecule has 0 aromatic carbocycles. The lowest BCUT2D eigenvalue weighted by atomic mass is 10.1. The van der Waals surface area contributed by atoms with Crippen LogP contribution in [-0.4, -0.2) is 10.5 Å². The Morgan fingerprint density at radius 2 is 2.07 bits per heavy atom. The highest BCUT2D eigenvalue weighted by Gasteiger charge is 2.12. The minimum absolute atomic E-state index is 0.0608. The van der Waals surface area contributed by atoms with Crippen molar-refractivity contribution in [3.8, 4) is 0 Å². The average molecular weight is 206 g/mol. The van der Waals surface area contributed by atoms with E-state index in [4.69, 9.17) is 0 Å². The van der Waals surface area contributed by atoms with Gasteiger partial charge in [0, 0.05) is 11.7 Å². The number of hydrogen-bond acceptors (Lipinski definition) is 3. The van der Waals surface area contributed by atoms with Gasteiger partial charge in [-0.05, 0) is 43.7 Å². The summed E-state index contributed by atoms with van der Waals surface area (Å²) >= 11 is 1.73. The topological polar surface area (TPSA) is 24.9 Å². The Morgan fingerprint density at radius 3 is 2.79 bits per heavy atom. The van der Waals surface area contributed by atoms with Gasteiger partial charge in [-0.15, -0.1) is 11.3 Å². The van der Waals surface area contributed by atoms with Crippen LogP contribution in [0.25, 0.3) is 10.1 Å². The van der Waals surface area contributed by atoms with Crippen molar-refractivity contribution < 1.29 is 0 Å². The number of nitrogens with one attached hydrogen (secondary N) is 1. The first-order chi connectivity index (χ1) is 6.56. The van der Waals surface area contributed by atoms with E-state index in [1.807, 2.05) is 12.3 Å². The molecule has 0 unspecified atom stereocenters. The molecule has 0 saturated heterocycles. The van der Waals surface area contributed by atoms with Gasteiger partial charge in [0.2, 0.25) is 0 Å². The van der Waals surface area contributed by atoms with E-state index in [0.29, 0.717) is 0 Å². The molecule has 2 heterocycles. The van der Waals surface area contributed by atoms with Crippen LogP contribution in [0.15, 0.2) is 23.7 Å². The molecule has 2 aromatic heterocycles. The van der Waals surface area contributed by atoms with Crippen LogP contribution in [0.4, 0.5) is 5.82 Å². The van der Waals surface area contributed by atoms with Crippen LogP contribution in [0.5, 0.6) is 0 Å². The summed E-state index contributed by atoms with van der Waals surface area (Å²) in [6, 6.07) is 4.16. The molecule has 14 heavy (non-hydrogen) atoms. The summed E-state index contributed by atoms with van der Waals surface area (Å²) in [5.41, 5.74) is 0.0608. The number of fused-ring (bicyclic) bond motifs is 1. The van der Waals surface area contributed by atoms with E-state index >= 15 is 0 Å². The van der Waals surface area contributed by atoms with Crippen molar-refractivity contribution in [2.24, 2.45) is 0 Å². The molecular weight excluding hydrogens is 192 g/mol. The summed E-state index contributed by atoms with van der Waals surface area (Å²) in [7, 11) is 0. The molecule has 0 aliphatic heterocycles. The van der Waals surface area contributed by atoms with Gasteiger partial charge < -0.3 is 5.32 Å². The Balaban J connectivity index is 2.46. The number of pyridine rings is 1. The molecule has 3 heteroatoms. The summed E-state index contributed by atoms with van der Waals surface area (Å²) in [6.45, 7) is 6.42. The maximum Gasteiger partial charge on any atom is 0.144 e. The van der Waals surface area contributed by atoms with E-state index in [1.165, 1.54) is 10.1 Å². The van der Waals surface area contributed by atoms with Crippen LogP contribution in [0.3, 0.4) is 0 Å². The van der Waals surface area contributed by atoms with E-state index in [9.17, 15) is 0 Å². The van der Waals surface area contributed by atoms with Crippen LogP contribution in [0.2, 0.25) is 0 Å². The molecule has 1 N–H and O–H groups in total. The van der Waals surface area contributed by atoms with E-state index in [-0.39, 0.29) is 5.54 Å². The Hall–Kier alpha value is -1.09. The molecule has 0 amide bonds. The van der Waals surface area contributed by atoms with Crippen molar-refractivity contribution in [3.63, 3.8) is 0 Å². The fraction of sp³-hybridized carbons (Fsp3) is 0.364. The average Bonchev–Trinajstić information content (AvgIpc) is 2.49. The summed E-state index contributed by atoms with van der Waals surface area (Å²) in [6.07, 6.45) is 1.85. The zero-order valence-electron chi connectivity index (χ0n) is 8.66. The maximum atomic E-state index is 4.36. The molecule has 2 nitrogen and oxygen atoms in total. The number of anilines is 1. The van der Waals surface area contributed by atoms with Gasteiger partial charge in [-0.3, -0.25) is 0 Å². The van der Waals surface area contributed by atoms with E-state index < -0.39 is 0 Å². The van der Waals surface area contributed by atoms with E-state index in [2.05, 4.69) is 42.5 Å². The summed E-state index contributed by atoms with van der Waals surface area (Å²) in [5, 5.41) is 6.77. The quantitative estimate of drug-likeness (QED) is 0.772. The number of hydrogen-bond donors (Lipinski definition) is 1. The normalized spacial score (nSPS) is 11.9. The molecule has 0 aliphatic carbocycles. The van der Waals surface area contributed by atoms with E-state index in [1.54, 1.807) is 11.3 Å². The van der Waals surface area contributed by atoms with E-state index in [0.717, 1.165) is 5.82 Å². The lowest BCUT2D eigenvalue weighted by molar-refractivity contribution is 0.632. The molecule has 0 fully saturated rings. The molecule has 0 spiro atoms. The van der Waals surface area contributed by atoms with Gasteiger partial charge in [-0.25, -0.2) is 4.98 Å². The number of nitrogens with zero attached hydrogens (tertiary/aromatic N) is 1. The summed E-state index contributed by atoms with van der Waals surface area (Å²) in [5.74, 6) is 0.991. The van der Waals surface area contributed by atoms with Crippen LogP contribution in [-0.2, 0) is 0 Å². The van der Waals surface area contributed by atoms with Crippen molar-refractivity contribution in [2.75, 3.05) is 5.32 Å². The van der Waals surface area contributed by atoms with Gasteiger partial charge in [-0.2, -0.15) is 0 Å². The van der Waals surface area contributed by atoms with Gasteiger partial charge in [0.05, 0.1) is 4.70 Å². The fourth-order valence-electron chi connectivity index (χ4n) is 1.34. The van der Waals surface area contributed by atoms with Gasteiger partial charge in [-0.1, -0.05) is 0 Å². The van der Waals surface area contributed by atoms with Crippen molar-refractivity contribution in [1.82, 2.24) is 4.98 Å². The predicted octanol–water partition coefficient (Wildman–Crippen LogP) is 3.51. The Bertz CT molecular complexity index is 440. The second-order valence-corrected chi connectivity index (χ2v) is 5.29. The third-order valence-electron chi connectivity index (χ3n) is 1.86. The van der Waals surface area contributed by atoms with Gasteiger partial charge in [0.15, 0.2) is 0 Å². The number of rotatable bonds is 1. The van der Waals surface area contributed by atoms with Crippen molar-refractivity contribution >= 4 is 27.2 Å². The Labute approximate surface area is 88.0 Å². The first kappa shape index (κ1) is 9.46. The zero-order valence-corrected chi connectivity index (χ0v) is 9.48. The van der Waals surface area contributed by atoms with Gasteiger partial charge >= 0.3 is 0 Å². The minimum Gasteiger partial charge on any atom is -0.364 e. The molecule has 0 atom stereocenters. The maximum absolute atomic E-state index is 4.36. The molecule has 2 rings (SSSR count). The third-order valence-corrected chi connectivity index (χ3v) is 2.80. The second-order valence-electron chi connectivity index (χ2n) is 4.37. The largest absolute Gasteiger partial charge is 0.364 e. The first-order valence-electron chi connectivity index (χ1n) is 4.67. The predicted molar refractivity (Wildman–Crippen MR) is 63.0 cm³/mol. The summed E-state index contributed by atoms with van der Waals surface area (Å²) in [4.78, 5) is 4.36. The van der Waals surface area contributed by atoms with Crippen molar-refractivity contribution in [2.45, 2.75) is 26.3 Å². The van der Waals surface area contributed by atoms with Crippen LogP contribution in [0, 0.1) is 0 Å². The molecule has 0 bridgehead atoms. The van der Waals surface area contributed by atoms with Crippen molar-refractivity contribution in [1.29, 1.82) is 0 Å². The second kappa shape index (κ2) is 3.24. The van der Waals surface area contributed by atoms with Crippen LogP contribution < -0.4 is 5.32 Å². The highest BCUT2D eigenvalue weighted by Crippen LogP contribution is 2.28. The third kappa shape index (κ3) is 1.87. The zero-order chi connectivity index (χ0) is 10.2. The number of thiophene rings is 1. The Morgan fingerprint density at radius 1 is 1.29 bits per heavy atom. The van der Waals surface area contributed by atoms with Gasteiger partial charge in [0.1, 0.15) is 5.82 Å². The highest BCUT2D eigenvalue weighted by atomic mass is 32.1. The Kier molecular flexibility index (Phi) is 2.19. The molecule has 2 aromatic rings.